The van der Waals surface area contributed by atoms with Crippen LogP contribution in [-0.4, -0.2) is 60.4 Å². The van der Waals surface area contributed by atoms with Crippen molar-refractivity contribution in [1.82, 2.24) is 15.1 Å². The number of rotatable bonds is 5. The Kier molecular flexibility index (Phi) is 4.80. The molecule has 0 spiro atoms. The first kappa shape index (κ1) is 14.3. The fraction of sp³-hybridized carbons (Fsp3) is 0.857. The normalized spacial score (nSPS) is 21.4. The number of nitrogens with zero attached hydrogens (tertiary/aromatic N) is 2. The molecule has 1 unspecified atom stereocenters. The second-order valence-electron chi connectivity index (χ2n) is 5.64. The van der Waals surface area contributed by atoms with Crippen LogP contribution in [0.1, 0.15) is 33.1 Å². The number of amides is 2. The SMILES string of the molecule is CCNC(C)CC(=O)N1CCN(C(=O)C2CC2)CC1. The number of hydrogen-bond acceptors (Lipinski definition) is 3. The summed E-state index contributed by atoms with van der Waals surface area (Å²) in [6.45, 7) is 7.76. The molecule has 2 fully saturated rings. The van der Waals surface area contributed by atoms with E-state index in [9.17, 15) is 9.59 Å². The molecule has 1 N–H and O–H groups in total. The van der Waals surface area contributed by atoms with Crippen LogP contribution >= 0.6 is 0 Å². The van der Waals surface area contributed by atoms with Gasteiger partial charge in [0.25, 0.3) is 0 Å². The Morgan fingerprint density at radius 2 is 1.74 bits per heavy atom. The Balaban J connectivity index is 1.72. The maximum absolute atomic E-state index is 12.1. The molecule has 1 heterocycles. The van der Waals surface area contributed by atoms with Gasteiger partial charge in [-0.25, -0.2) is 0 Å². The van der Waals surface area contributed by atoms with Crippen LogP contribution in [0.5, 0.6) is 0 Å². The van der Waals surface area contributed by atoms with Gasteiger partial charge in [-0.15, -0.1) is 0 Å². The number of hydrogen-bond donors (Lipinski definition) is 1. The Labute approximate surface area is 115 Å². The fourth-order valence-electron chi connectivity index (χ4n) is 2.58. The Morgan fingerprint density at radius 3 is 2.26 bits per heavy atom. The summed E-state index contributed by atoms with van der Waals surface area (Å²) in [6.07, 6.45) is 2.65. The second-order valence-corrected chi connectivity index (χ2v) is 5.64. The molecule has 2 amide bonds. The van der Waals surface area contributed by atoms with Gasteiger partial charge in [-0.05, 0) is 26.3 Å². The Morgan fingerprint density at radius 1 is 1.16 bits per heavy atom. The summed E-state index contributed by atoms with van der Waals surface area (Å²) in [5.74, 6) is 0.788. The van der Waals surface area contributed by atoms with E-state index in [1.165, 1.54) is 0 Å². The van der Waals surface area contributed by atoms with E-state index in [1.54, 1.807) is 0 Å². The summed E-state index contributed by atoms with van der Waals surface area (Å²) in [4.78, 5) is 27.8. The molecular formula is C14H25N3O2. The summed E-state index contributed by atoms with van der Waals surface area (Å²) < 4.78 is 0. The van der Waals surface area contributed by atoms with Gasteiger partial charge >= 0.3 is 0 Å². The van der Waals surface area contributed by atoms with Gasteiger partial charge in [-0.3, -0.25) is 9.59 Å². The Bertz CT molecular complexity index is 334. The number of piperazine rings is 1. The molecule has 1 atom stereocenters. The van der Waals surface area contributed by atoms with Crippen molar-refractivity contribution >= 4 is 11.8 Å². The van der Waals surface area contributed by atoms with Crippen molar-refractivity contribution in [3.63, 3.8) is 0 Å². The maximum atomic E-state index is 12.1. The van der Waals surface area contributed by atoms with E-state index in [-0.39, 0.29) is 17.9 Å². The molecule has 5 heteroatoms. The minimum atomic E-state index is 0.201. The van der Waals surface area contributed by atoms with Crippen molar-refractivity contribution in [3.05, 3.63) is 0 Å². The first-order chi connectivity index (χ1) is 9.11. The van der Waals surface area contributed by atoms with E-state index < -0.39 is 0 Å². The summed E-state index contributed by atoms with van der Waals surface area (Å²) in [5.41, 5.74) is 0. The smallest absolute Gasteiger partial charge is 0.225 e. The molecule has 1 aliphatic heterocycles. The lowest BCUT2D eigenvalue weighted by molar-refractivity contribution is -0.140. The molecule has 1 saturated heterocycles. The predicted molar refractivity (Wildman–Crippen MR) is 73.6 cm³/mol. The van der Waals surface area contributed by atoms with Gasteiger partial charge in [0.2, 0.25) is 11.8 Å². The van der Waals surface area contributed by atoms with Crippen molar-refractivity contribution in [2.24, 2.45) is 5.92 Å². The van der Waals surface area contributed by atoms with Gasteiger partial charge in [0.1, 0.15) is 0 Å². The standard InChI is InChI=1S/C14H25N3O2/c1-3-15-11(2)10-13(18)16-6-8-17(9-7-16)14(19)12-4-5-12/h11-12,15H,3-10H2,1-2H3. The average molecular weight is 267 g/mol. The molecule has 0 bridgehead atoms. The quantitative estimate of drug-likeness (QED) is 0.787. The van der Waals surface area contributed by atoms with Crippen molar-refractivity contribution < 1.29 is 9.59 Å². The molecule has 0 radical (unpaired) electrons. The highest BCUT2D eigenvalue weighted by Gasteiger charge is 2.35. The van der Waals surface area contributed by atoms with Crippen LogP contribution in [0.3, 0.4) is 0 Å². The molecular weight excluding hydrogens is 242 g/mol. The lowest BCUT2D eigenvalue weighted by atomic mass is 10.2. The highest BCUT2D eigenvalue weighted by atomic mass is 16.2. The van der Waals surface area contributed by atoms with Gasteiger partial charge in [-0.2, -0.15) is 0 Å². The highest BCUT2D eigenvalue weighted by Crippen LogP contribution is 2.31. The van der Waals surface area contributed by atoms with Crippen LogP contribution < -0.4 is 5.32 Å². The molecule has 5 nitrogen and oxygen atoms in total. The van der Waals surface area contributed by atoms with Gasteiger partial charge in [0.15, 0.2) is 0 Å². The van der Waals surface area contributed by atoms with Gasteiger partial charge in [-0.1, -0.05) is 6.92 Å². The van der Waals surface area contributed by atoms with Crippen LogP contribution in [0, 0.1) is 5.92 Å². The maximum Gasteiger partial charge on any atom is 0.225 e. The van der Waals surface area contributed by atoms with Crippen molar-refractivity contribution in [2.45, 2.75) is 39.2 Å². The molecule has 0 aromatic heterocycles. The van der Waals surface area contributed by atoms with Crippen LogP contribution in [0.4, 0.5) is 0 Å². The second kappa shape index (κ2) is 6.37. The number of carbonyl (C=O) groups excluding carboxylic acids is 2. The topological polar surface area (TPSA) is 52.7 Å². The first-order valence-electron chi connectivity index (χ1n) is 7.41. The fourth-order valence-corrected chi connectivity index (χ4v) is 2.58. The number of carbonyl (C=O) groups is 2. The lowest BCUT2D eigenvalue weighted by Crippen LogP contribution is -2.51. The minimum Gasteiger partial charge on any atom is -0.339 e. The van der Waals surface area contributed by atoms with Crippen LogP contribution in [0.25, 0.3) is 0 Å². The third-order valence-corrected chi connectivity index (χ3v) is 3.90. The van der Waals surface area contributed by atoms with Crippen molar-refractivity contribution in [2.75, 3.05) is 32.7 Å². The third kappa shape index (κ3) is 3.93. The summed E-state index contributed by atoms with van der Waals surface area (Å²) in [5, 5.41) is 3.25. The van der Waals surface area contributed by atoms with Crippen LogP contribution in [-0.2, 0) is 9.59 Å². The zero-order valence-electron chi connectivity index (χ0n) is 12.0. The van der Waals surface area contributed by atoms with Gasteiger partial charge < -0.3 is 15.1 Å². The molecule has 2 rings (SSSR count). The van der Waals surface area contributed by atoms with Crippen molar-refractivity contribution in [3.8, 4) is 0 Å². The molecule has 2 aliphatic rings. The summed E-state index contributed by atoms with van der Waals surface area (Å²) in [6, 6.07) is 0.226. The summed E-state index contributed by atoms with van der Waals surface area (Å²) >= 11 is 0. The Hall–Kier alpha value is -1.10. The average Bonchev–Trinajstić information content (AvgIpc) is 3.22. The zero-order chi connectivity index (χ0) is 13.8. The van der Waals surface area contributed by atoms with Crippen LogP contribution in [0.15, 0.2) is 0 Å². The summed E-state index contributed by atoms with van der Waals surface area (Å²) in [7, 11) is 0. The largest absolute Gasteiger partial charge is 0.339 e. The molecule has 1 aliphatic carbocycles. The minimum absolute atomic E-state index is 0.201. The van der Waals surface area contributed by atoms with E-state index in [2.05, 4.69) is 5.32 Å². The molecule has 108 valence electrons. The molecule has 19 heavy (non-hydrogen) atoms. The first-order valence-corrected chi connectivity index (χ1v) is 7.41. The lowest BCUT2D eigenvalue weighted by Gasteiger charge is -2.35. The molecule has 0 aromatic carbocycles. The van der Waals surface area contributed by atoms with Crippen LogP contribution in [0.2, 0.25) is 0 Å². The predicted octanol–water partition coefficient (Wildman–Crippen LogP) is 0.455. The number of nitrogens with one attached hydrogen (secondary N) is 1. The van der Waals surface area contributed by atoms with Crippen molar-refractivity contribution in [1.29, 1.82) is 0 Å². The van der Waals surface area contributed by atoms with Gasteiger partial charge in [0.05, 0.1) is 0 Å². The third-order valence-electron chi connectivity index (χ3n) is 3.90. The van der Waals surface area contributed by atoms with Gasteiger partial charge in [0, 0.05) is 44.6 Å². The highest BCUT2D eigenvalue weighted by molar-refractivity contribution is 5.82. The monoisotopic (exact) mass is 267 g/mol. The van der Waals surface area contributed by atoms with E-state index in [0.29, 0.717) is 38.5 Å². The van der Waals surface area contributed by atoms with E-state index >= 15 is 0 Å². The molecule has 1 saturated carbocycles. The van der Waals surface area contributed by atoms with E-state index in [0.717, 1.165) is 19.4 Å². The zero-order valence-corrected chi connectivity index (χ0v) is 12.0. The van der Waals surface area contributed by atoms with E-state index in [1.807, 2.05) is 23.6 Å². The van der Waals surface area contributed by atoms with E-state index in [4.69, 9.17) is 0 Å². The molecule has 0 aromatic rings.